The second-order valence-corrected chi connectivity index (χ2v) is 8.25. The van der Waals surface area contributed by atoms with Crippen molar-refractivity contribution in [1.29, 1.82) is 0 Å². The molecule has 0 aliphatic heterocycles. The summed E-state index contributed by atoms with van der Waals surface area (Å²) in [5.41, 5.74) is 5.85. The number of nitrogens with zero attached hydrogens (tertiary/aromatic N) is 6. The maximum atomic E-state index is 12.6. The molecular formula is C25H24N8O. The summed E-state index contributed by atoms with van der Waals surface area (Å²) in [4.78, 5) is 21.1. The lowest BCUT2D eigenvalue weighted by molar-refractivity contribution is 0.102. The van der Waals surface area contributed by atoms with E-state index in [0.717, 1.165) is 39.1 Å². The monoisotopic (exact) mass is 452 g/mol. The number of benzene rings is 1. The quantitative estimate of drug-likeness (QED) is 0.399. The summed E-state index contributed by atoms with van der Waals surface area (Å²) < 4.78 is 3.56. The highest BCUT2D eigenvalue weighted by atomic mass is 16.1. The van der Waals surface area contributed by atoms with Gasteiger partial charge in [0.2, 0.25) is 0 Å². The van der Waals surface area contributed by atoms with Crippen LogP contribution >= 0.6 is 0 Å². The molecule has 9 nitrogen and oxygen atoms in total. The number of carbonyl (C=O) groups excluding carboxylic acids is 1. The SMILES string of the molecule is Cc1cncc(C(=O)Nc2cccc([C@H](C)Nc3cncc4c3cnn4-c3cnn(C)c3)c2)c1. The zero-order valence-corrected chi connectivity index (χ0v) is 19.1. The highest BCUT2D eigenvalue weighted by Crippen LogP contribution is 2.28. The number of hydrogen-bond donors (Lipinski definition) is 2. The standard InChI is InChI=1S/C25H24N8O/c1-16-7-19(10-26-9-16)25(34)31-20-6-4-5-18(8-20)17(2)30-23-13-27-14-24-22(23)12-29-33(24)21-11-28-32(3)15-21/h4-15,17,30H,1-3H3,(H,31,34)/t17-/m0/s1. The lowest BCUT2D eigenvalue weighted by Gasteiger charge is -2.17. The molecule has 0 radical (unpaired) electrons. The number of fused-ring (bicyclic) bond motifs is 1. The van der Waals surface area contributed by atoms with Crippen LogP contribution in [0.5, 0.6) is 0 Å². The molecule has 0 aliphatic rings. The Balaban J connectivity index is 1.36. The minimum absolute atomic E-state index is 0.0355. The molecule has 5 rings (SSSR count). The van der Waals surface area contributed by atoms with Crippen LogP contribution in [0.2, 0.25) is 0 Å². The first kappa shape index (κ1) is 21.3. The Hall–Kier alpha value is -4.53. The maximum absolute atomic E-state index is 12.6. The van der Waals surface area contributed by atoms with E-state index in [2.05, 4.69) is 37.7 Å². The van der Waals surface area contributed by atoms with Gasteiger partial charge in [0.1, 0.15) is 5.69 Å². The highest BCUT2D eigenvalue weighted by molar-refractivity contribution is 6.04. The number of pyridine rings is 2. The molecule has 4 aromatic heterocycles. The van der Waals surface area contributed by atoms with Crippen molar-refractivity contribution < 1.29 is 4.79 Å². The second-order valence-electron chi connectivity index (χ2n) is 8.25. The summed E-state index contributed by atoms with van der Waals surface area (Å²) in [6, 6.07) is 9.57. The molecule has 0 unspecified atom stereocenters. The van der Waals surface area contributed by atoms with E-state index in [1.807, 2.05) is 61.4 Å². The van der Waals surface area contributed by atoms with Crippen molar-refractivity contribution in [3.63, 3.8) is 0 Å². The van der Waals surface area contributed by atoms with Gasteiger partial charge in [-0.25, -0.2) is 4.68 Å². The molecule has 0 saturated carbocycles. The molecule has 9 heteroatoms. The number of rotatable bonds is 6. The van der Waals surface area contributed by atoms with E-state index in [9.17, 15) is 4.79 Å². The first-order valence-corrected chi connectivity index (χ1v) is 10.9. The second kappa shape index (κ2) is 8.78. The number of amides is 1. The minimum Gasteiger partial charge on any atom is -0.377 e. The van der Waals surface area contributed by atoms with Crippen LogP contribution in [-0.2, 0) is 7.05 Å². The molecule has 170 valence electrons. The van der Waals surface area contributed by atoms with Crippen molar-refractivity contribution in [2.24, 2.45) is 7.05 Å². The van der Waals surface area contributed by atoms with Gasteiger partial charge < -0.3 is 10.6 Å². The number of nitrogens with one attached hydrogen (secondary N) is 2. The summed E-state index contributed by atoms with van der Waals surface area (Å²) in [6.45, 7) is 3.98. The van der Waals surface area contributed by atoms with Crippen LogP contribution in [0.15, 0.2) is 73.7 Å². The Labute approximate surface area is 196 Å². The van der Waals surface area contributed by atoms with E-state index in [1.165, 1.54) is 0 Å². The van der Waals surface area contributed by atoms with Gasteiger partial charge in [0.25, 0.3) is 5.91 Å². The van der Waals surface area contributed by atoms with Crippen LogP contribution in [0.3, 0.4) is 0 Å². The van der Waals surface area contributed by atoms with Crippen molar-refractivity contribution in [2.75, 3.05) is 10.6 Å². The van der Waals surface area contributed by atoms with E-state index in [-0.39, 0.29) is 11.9 Å². The molecule has 1 atom stereocenters. The predicted octanol–water partition coefficient (Wildman–Crippen LogP) is 4.28. The molecule has 2 N–H and O–H groups in total. The zero-order valence-electron chi connectivity index (χ0n) is 19.1. The number of aromatic nitrogens is 6. The van der Waals surface area contributed by atoms with Gasteiger partial charge in [0.15, 0.2) is 0 Å². The number of hydrogen-bond acceptors (Lipinski definition) is 6. The normalized spacial score (nSPS) is 12.0. The summed E-state index contributed by atoms with van der Waals surface area (Å²) in [7, 11) is 1.87. The summed E-state index contributed by atoms with van der Waals surface area (Å²) in [6.07, 6.45) is 12.4. The zero-order chi connectivity index (χ0) is 23.7. The molecule has 0 bridgehead atoms. The van der Waals surface area contributed by atoms with Gasteiger partial charge in [-0.15, -0.1) is 0 Å². The average molecular weight is 453 g/mol. The number of anilines is 2. The molecule has 4 heterocycles. The topological polar surface area (TPSA) is 103 Å². The molecule has 0 saturated heterocycles. The maximum Gasteiger partial charge on any atom is 0.257 e. The van der Waals surface area contributed by atoms with E-state index in [1.54, 1.807) is 35.7 Å². The fourth-order valence-electron chi connectivity index (χ4n) is 3.86. The molecule has 1 aromatic carbocycles. The van der Waals surface area contributed by atoms with Crippen LogP contribution in [0.4, 0.5) is 11.4 Å². The molecule has 5 aromatic rings. The van der Waals surface area contributed by atoms with Crippen LogP contribution in [0.25, 0.3) is 16.6 Å². The Morgan fingerprint density at radius 3 is 2.65 bits per heavy atom. The van der Waals surface area contributed by atoms with Crippen LogP contribution in [-0.4, -0.2) is 35.4 Å². The van der Waals surface area contributed by atoms with Crippen molar-refractivity contribution in [3.05, 3.63) is 90.4 Å². The van der Waals surface area contributed by atoms with Crippen LogP contribution < -0.4 is 10.6 Å². The third-order valence-electron chi connectivity index (χ3n) is 5.59. The first-order chi connectivity index (χ1) is 16.5. The minimum atomic E-state index is -0.189. The third kappa shape index (κ3) is 4.23. The molecule has 0 fully saturated rings. The molecular weight excluding hydrogens is 428 g/mol. The summed E-state index contributed by atoms with van der Waals surface area (Å²) in [5.74, 6) is -0.189. The van der Waals surface area contributed by atoms with Gasteiger partial charge in [-0.05, 0) is 43.2 Å². The lowest BCUT2D eigenvalue weighted by atomic mass is 10.1. The Kier molecular flexibility index (Phi) is 5.51. The average Bonchev–Trinajstić information content (AvgIpc) is 3.46. The predicted molar refractivity (Wildman–Crippen MR) is 131 cm³/mol. The van der Waals surface area contributed by atoms with Gasteiger partial charge in [0, 0.05) is 36.6 Å². The van der Waals surface area contributed by atoms with Gasteiger partial charge in [-0.3, -0.25) is 19.4 Å². The first-order valence-electron chi connectivity index (χ1n) is 10.9. The van der Waals surface area contributed by atoms with Gasteiger partial charge in [-0.1, -0.05) is 12.1 Å². The third-order valence-corrected chi connectivity index (χ3v) is 5.59. The fraction of sp³-hybridized carbons (Fsp3) is 0.160. The lowest BCUT2D eigenvalue weighted by Crippen LogP contribution is -2.13. The van der Waals surface area contributed by atoms with E-state index < -0.39 is 0 Å². The van der Waals surface area contributed by atoms with Crippen LogP contribution in [0.1, 0.15) is 34.5 Å². The van der Waals surface area contributed by atoms with Crippen molar-refractivity contribution in [2.45, 2.75) is 19.9 Å². The van der Waals surface area contributed by atoms with Gasteiger partial charge >= 0.3 is 0 Å². The summed E-state index contributed by atoms with van der Waals surface area (Å²) in [5, 5.41) is 16.2. The molecule has 0 aliphatic carbocycles. The summed E-state index contributed by atoms with van der Waals surface area (Å²) >= 11 is 0. The van der Waals surface area contributed by atoms with Gasteiger partial charge in [0.05, 0.1) is 47.8 Å². The Morgan fingerprint density at radius 2 is 1.85 bits per heavy atom. The van der Waals surface area contributed by atoms with Crippen LogP contribution in [0, 0.1) is 6.92 Å². The molecule has 1 amide bonds. The largest absolute Gasteiger partial charge is 0.377 e. The van der Waals surface area contributed by atoms with Crippen molar-refractivity contribution in [3.8, 4) is 5.69 Å². The van der Waals surface area contributed by atoms with E-state index in [0.29, 0.717) is 5.56 Å². The smallest absolute Gasteiger partial charge is 0.257 e. The van der Waals surface area contributed by atoms with E-state index in [4.69, 9.17) is 0 Å². The molecule has 0 spiro atoms. The Morgan fingerprint density at radius 1 is 1.00 bits per heavy atom. The number of aryl methyl sites for hydroxylation is 2. The fourth-order valence-corrected chi connectivity index (χ4v) is 3.86. The Bertz CT molecular complexity index is 1490. The van der Waals surface area contributed by atoms with Crippen molar-refractivity contribution in [1.82, 2.24) is 29.5 Å². The highest BCUT2D eigenvalue weighted by Gasteiger charge is 2.14. The number of carbonyl (C=O) groups is 1. The van der Waals surface area contributed by atoms with E-state index >= 15 is 0 Å². The molecule has 34 heavy (non-hydrogen) atoms. The van der Waals surface area contributed by atoms with Gasteiger partial charge in [-0.2, -0.15) is 10.2 Å². The van der Waals surface area contributed by atoms with Crippen molar-refractivity contribution >= 4 is 28.2 Å².